The first-order valence-corrected chi connectivity index (χ1v) is 11.1. The highest BCUT2D eigenvalue weighted by Gasteiger charge is 2.32. The number of hydrogen-bond acceptors (Lipinski definition) is 4. The zero-order valence-corrected chi connectivity index (χ0v) is 17.2. The van der Waals surface area contributed by atoms with Crippen LogP contribution < -0.4 is 0 Å². The lowest BCUT2D eigenvalue weighted by Crippen LogP contribution is -2.40. The maximum Gasteiger partial charge on any atom is 0.309 e. The Kier molecular flexibility index (Phi) is 6.52. The van der Waals surface area contributed by atoms with Crippen molar-refractivity contribution in [3.05, 3.63) is 65.7 Å². The molecule has 0 saturated carbocycles. The van der Waals surface area contributed by atoms with Gasteiger partial charge in [0.05, 0.1) is 10.8 Å². The number of carbonyl (C=O) groups excluding carboxylic acids is 1. The van der Waals surface area contributed by atoms with Crippen molar-refractivity contribution in [2.75, 3.05) is 13.1 Å². The van der Waals surface area contributed by atoms with E-state index in [2.05, 4.69) is 13.8 Å². The van der Waals surface area contributed by atoms with E-state index in [1.54, 1.807) is 12.1 Å². The summed E-state index contributed by atoms with van der Waals surface area (Å²) >= 11 is 0. The fourth-order valence-electron chi connectivity index (χ4n) is 3.35. The lowest BCUT2D eigenvalue weighted by Gasteiger charge is -2.30. The van der Waals surface area contributed by atoms with E-state index in [4.69, 9.17) is 4.74 Å². The quantitative estimate of drug-likeness (QED) is 0.688. The molecule has 0 spiro atoms. The van der Waals surface area contributed by atoms with Gasteiger partial charge in [-0.2, -0.15) is 4.31 Å². The molecule has 6 heteroatoms. The molecule has 0 N–H and O–H groups in total. The van der Waals surface area contributed by atoms with Crippen molar-refractivity contribution in [3.63, 3.8) is 0 Å². The Balaban J connectivity index is 1.55. The van der Waals surface area contributed by atoms with Crippen molar-refractivity contribution in [3.8, 4) is 0 Å². The van der Waals surface area contributed by atoms with Crippen LogP contribution in [0.3, 0.4) is 0 Å². The van der Waals surface area contributed by atoms with Gasteiger partial charge in [-0.05, 0) is 42.0 Å². The number of hydrogen-bond donors (Lipinski definition) is 0. The van der Waals surface area contributed by atoms with Gasteiger partial charge in [-0.25, -0.2) is 8.42 Å². The first-order chi connectivity index (χ1) is 13.4. The predicted molar refractivity (Wildman–Crippen MR) is 108 cm³/mol. The molecule has 1 fully saturated rings. The minimum absolute atomic E-state index is 0.248. The summed E-state index contributed by atoms with van der Waals surface area (Å²) < 4.78 is 32.6. The van der Waals surface area contributed by atoms with Crippen LogP contribution in [-0.2, 0) is 26.2 Å². The number of nitrogens with zero attached hydrogens (tertiary/aromatic N) is 1. The molecular formula is C22H27NO4S. The summed E-state index contributed by atoms with van der Waals surface area (Å²) in [5.41, 5.74) is 2.06. The molecule has 1 aliphatic heterocycles. The van der Waals surface area contributed by atoms with E-state index in [-0.39, 0.29) is 18.5 Å². The minimum Gasteiger partial charge on any atom is -0.461 e. The number of carbonyl (C=O) groups is 1. The topological polar surface area (TPSA) is 63.7 Å². The number of ether oxygens (including phenoxy) is 1. The molecule has 1 saturated heterocycles. The summed E-state index contributed by atoms with van der Waals surface area (Å²) in [5.74, 6) is -0.143. The number of benzene rings is 2. The van der Waals surface area contributed by atoms with Gasteiger partial charge in [-0.3, -0.25) is 4.79 Å². The van der Waals surface area contributed by atoms with Crippen molar-refractivity contribution in [1.82, 2.24) is 4.31 Å². The van der Waals surface area contributed by atoms with Gasteiger partial charge < -0.3 is 4.74 Å². The van der Waals surface area contributed by atoms with Gasteiger partial charge >= 0.3 is 5.97 Å². The lowest BCUT2D eigenvalue weighted by atomic mass is 9.98. The zero-order valence-electron chi connectivity index (χ0n) is 16.4. The second-order valence-electron chi connectivity index (χ2n) is 7.50. The Labute approximate surface area is 167 Å². The highest BCUT2D eigenvalue weighted by molar-refractivity contribution is 7.89. The van der Waals surface area contributed by atoms with E-state index in [0.29, 0.717) is 36.7 Å². The van der Waals surface area contributed by atoms with Gasteiger partial charge in [0.1, 0.15) is 6.61 Å². The van der Waals surface area contributed by atoms with Crippen LogP contribution >= 0.6 is 0 Å². The summed E-state index contributed by atoms with van der Waals surface area (Å²) in [4.78, 5) is 12.6. The van der Waals surface area contributed by atoms with E-state index >= 15 is 0 Å². The molecule has 0 atom stereocenters. The molecule has 0 unspecified atom stereocenters. The largest absolute Gasteiger partial charge is 0.461 e. The van der Waals surface area contributed by atoms with Gasteiger partial charge in [0, 0.05) is 13.1 Å². The average Bonchev–Trinajstić information content (AvgIpc) is 2.73. The monoisotopic (exact) mass is 401 g/mol. The molecule has 2 aromatic rings. The van der Waals surface area contributed by atoms with Crippen molar-refractivity contribution in [1.29, 1.82) is 0 Å². The maximum absolute atomic E-state index is 12.9. The first-order valence-electron chi connectivity index (χ1n) is 9.68. The van der Waals surface area contributed by atoms with E-state index in [9.17, 15) is 13.2 Å². The second-order valence-corrected chi connectivity index (χ2v) is 9.43. The van der Waals surface area contributed by atoms with Crippen molar-refractivity contribution in [2.45, 2.75) is 44.1 Å². The molecule has 0 radical (unpaired) electrons. The zero-order chi connectivity index (χ0) is 20.1. The smallest absolute Gasteiger partial charge is 0.309 e. The Bertz CT molecular complexity index is 884. The van der Waals surface area contributed by atoms with E-state index < -0.39 is 10.0 Å². The highest BCUT2D eigenvalue weighted by atomic mass is 32.2. The number of rotatable bonds is 6. The second kappa shape index (κ2) is 8.88. The Morgan fingerprint density at radius 3 is 2.21 bits per heavy atom. The third-order valence-corrected chi connectivity index (χ3v) is 7.11. The Morgan fingerprint density at radius 2 is 1.64 bits per heavy atom. The van der Waals surface area contributed by atoms with Crippen LogP contribution in [0.4, 0.5) is 0 Å². The Hall–Kier alpha value is -2.18. The van der Waals surface area contributed by atoms with Gasteiger partial charge in [0.2, 0.25) is 10.0 Å². The molecule has 150 valence electrons. The third kappa shape index (κ3) is 4.80. The molecule has 0 aromatic heterocycles. The van der Waals surface area contributed by atoms with Crippen LogP contribution in [0.1, 0.15) is 43.7 Å². The minimum atomic E-state index is -3.53. The van der Waals surface area contributed by atoms with Crippen molar-refractivity contribution < 1.29 is 17.9 Å². The highest BCUT2D eigenvalue weighted by Crippen LogP contribution is 2.26. The number of sulfonamides is 1. The van der Waals surface area contributed by atoms with Crippen LogP contribution in [0.2, 0.25) is 0 Å². The summed E-state index contributed by atoms with van der Waals surface area (Å²) in [6, 6.07) is 16.6. The molecule has 2 aromatic carbocycles. The van der Waals surface area contributed by atoms with Crippen LogP contribution in [0, 0.1) is 5.92 Å². The molecule has 28 heavy (non-hydrogen) atoms. The molecule has 5 nitrogen and oxygen atoms in total. The summed E-state index contributed by atoms with van der Waals surface area (Å²) in [6.45, 7) is 5.06. The van der Waals surface area contributed by atoms with E-state index in [1.807, 2.05) is 42.5 Å². The van der Waals surface area contributed by atoms with Crippen LogP contribution in [-0.4, -0.2) is 31.8 Å². The SMILES string of the molecule is CC(C)c1ccc(S(=O)(=O)N2CCC(C(=O)OCc3ccccc3)CC2)cc1. The lowest BCUT2D eigenvalue weighted by molar-refractivity contribution is -0.151. The van der Waals surface area contributed by atoms with Gasteiger partial charge in [-0.1, -0.05) is 56.3 Å². The fraction of sp³-hybridized carbons (Fsp3) is 0.409. The van der Waals surface area contributed by atoms with Crippen molar-refractivity contribution in [2.24, 2.45) is 5.92 Å². The summed E-state index contributed by atoms with van der Waals surface area (Å²) in [5, 5.41) is 0. The van der Waals surface area contributed by atoms with Crippen LogP contribution in [0.5, 0.6) is 0 Å². The van der Waals surface area contributed by atoms with Gasteiger partial charge in [-0.15, -0.1) is 0 Å². The molecule has 1 heterocycles. The fourth-order valence-corrected chi connectivity index (χ4v) is 4.82. The number of piperidine rings is 1. The molecule has 3 rings (SSSR count). The predicted octanol–water partition coefficient (Wildman–Crippen LogP) is 3.95. The maximum atomic E-state index is 12.9. The van der Waals surface area contributed by atoms with E-state index in [0.717, 1.165) is 11.1 Å². The standard InChI is InChI=1S/C22H27NO4S/c1-17(2)19-8-10-21(11-9-19)28(25,26)23-14-12-20(13-15-23)22(24)27-16-18-6-4-3-5-7-18/h3-11,17,20H,12-16H2,1-2H3. The Morgan fingerprint density at radius 1 is 1.04 bits per heavy atom. The van der Waals surface area contributed by atoms with Crippen molar-refractivity contribution >= 4 is 16.0 Å². The first kappa shape index (κ1) is 20.6. The van der Waals surface area contributed by atoms with Crippen LogP contribution in [0.25, 0.3) is 0 Å². The molecule has 0 bridgehead atoms. The molecule has 0 amide bonds. The third-order valence-electron chi connectivity index (χ3n) is 5.20. The van der Waals surface area contributed by atoms with Gasteiger partial charge in [0.15, 0.2) is 0 Å². The average molecular weight is 402 g/mol. The summed E-state index contributed by atoms with van der Waals surface area (Å²) in [6.07, 6.45) is 0.966. The number of esters is 1. The van der Waals surface area contributed by atoms with Gasteiger partial charge in [0.25, 0.3) is 0 Å². The van der Waals surface area contributed by atoms with E-state index in [1.165, 1.54) is 4.31 Å². The molecular weight excluding hydrogens is 374 g/mol. The normalized spacial score (nSPS) is 16.2. The summed E-state index contributed by atoms with van der Waals surface area (Å²) in [7, 11) is -3.53. The van der Waals surface area contributed by atoms with Crippen LogP contribution in [0.15, 0.2) is 59.5 Å². The molecule has 0 aliphatic carbocycles. The molecule has 1 aliphatic rings.